The summed E-state index contributed by atoms with van der Waals surface area (Å²) < 4.78 is 46.0. The number of hydrogen-bond acceptors (Lipinski definition) is 11. The van der Waals surface area contributed by atoms with Gasteiger partial charge in [0.15, 0.2) is 12.2 Å². The molecule has 13 heteroatoms. The third-order valence-electron chi connectivity index (χ3n) is 4.59. The first-order valence-electron chi connectivity index (χ1n) is 10.3. The Labute approximate surface area is 199 Å². The lowest BCUT2D eigenvalue weighted by Crippen LogP contribution is -2.63. The van der Waals surface area contributed by atoms with Gasteiger partial charge in [0, 0.05) is 27.7 Å². The van der Waals surface area contributed by atoms with Crippen LogP contribution in [0.5, 0.6) is 5.75 Å². The molecule has 0 bridgehead atoms. The highest BCUT2D eigenvalue weighted by molar-refractivity contribution is 5.74. The Kier molecular flexibility index (Phi) is 9.51. The molecule has 1 unspecified atom stereocenters. The molecular formula is C22H25FO12. The Bertz CT molecular complexity index is 946. The van der Waals surface area contributed by atoms with Crippen LogP contribution in [-0.2, 0) is 47.7 Å². The second kappa shape index (κ2) is 12.1. The summed E-state index contributed by atoms with van der Waals surface area (Å²) in [6, 6.07) is 4.83. The van der Waals surface area contributed by atoms with Gasteiger partial charge in [-0.25, -0.2) is 9.18 Å². The number of aliphatic carboxylic acids is 1. The van der Waals surface area contributed by atoms with Crippen LogP contribution in [0.15, 0.2) is 24.3 Å². The number of ether oxygens (including phenoxy) is 6. The van der Waals surface area contributed by atoms with Crippen LogP contribution < -0.4 is 4.74 Å². The van der Waals surface area contributed by atoms with Crippen molar-refractivity contribution in [1.82, 2.24) is 0 Å². The van der Waals surface area contributed by atoms with E-state index in [1.165, 1.54) is 24.3 Å². The maximum atomic E-state index is 13.7. The molecule has 0 spiro atoms. The van der Waals surface area contributed by atoms with Crippen LogP contribution in [0.25, 0.3) is 0 Å². The molecule has 2 rings (SSSR count). The Balaban J connectivity index is 2.42. The number of rotatable bonds is 9. The van der Waals surface area contributed by atoms with Crippen molar-refractivity contribution < 1.29 is 61.9 Å². The lowest BCUT2D eigenvalue weighted by molar-refractivity contribution is -0.288. The molecule has 1 aliphatic rings. The van der Waals surface area contributed by atoms with Crippen LogP contribution in [0.4, 0.5) is 4.39 Å². The van der Waals surface area contributed by atoms with Gasteiger partial charge in [0.2, 0.25) is 18.6 Å². The number of halogens is 1. The molecule has 6 atom stereocenters. The Morgan fingerprint density at radius 3 is 1.86 bits per heavy atom. The first-order valence-corrected chi connectivity index (χ1v) is 10.3. The third-order valence-corrected chi connectivity index (χ3v) is 4.59. The summed E-state index contributed by atoms with van der Waals surface area (Å²) in [6.45, 7) is 3.96. The van der Waals surface area contributed by atoms with Gasteiger partial charge in [-0.2, -0.15) is 0 Å². The molecular weight excluding hydrogens is 475 g/mol. The first kappa shape index (κ1) is 27.5. The fourth-order valence-electron chi connectivity index (χ4n) is 3.28. The summed E-state index contributed by atoms with van der Waals surface area (Å²) in [5, 5.41) is 8.80. The van der Waals surface area contributed by atoms with Crippen molar-refractivity contribution in [3.05, 3.63) is 29.8 Å². The number of carbonyl (C=O) groups excluding carboxylic acids is 4. The molecule has 1 N–H and O–H groups in total. The quantitative estimate of drug-likeness (QED) is 0.382. The van der Waals surface area contributed by atoms with Gasteiger partial charge >= 0.3 is 29.8 Å². The van der Waals surface area contributed by atoms with E-state index in [1.807, 2.05) is 0 Å². The number of carbonyl (C=O) groups is 5. The van der Waals surface area contributed by atoms with E-state index in [0.717, 1.165) is 27.7 Å². The van der Waals surface area contributed by atoms with Crippen LogP contribution in [0.3, 0.4) is 0 Å². The molecule has 1 heterocycles. The van der Waals surface area contributed by atoms with Crippen molar-refractivity contribution in [1.29, 1.82) is 0 Å². The number of benzene rings is 1. The molecule has 1 aromatic rings. The molecule has 0 aromatic heterocycles. The Morgan fingerprint density at radius 1 is 0.857 bits per heavy atom. The van der Waals surface area contributed by atoms with Gasteiger partial charge in [0.25, 0.3) is 0 Å². The maximum Gasteiger partial charge on any atom is 0.343 e. The molecule has 1 aliphatic heterocycles. The van der Waals surface area contributed by atoms with E-state index in [9.17, 15) is 28.4 Å². The molecule has 0 amide bonds. The zero-order valence-corrected chi connectivity index (χ0v) is 19.3. The van der Waals surface area contributed by atoms with Gasteiger partial charge in [0.05, 0.1) is 0 Å². The molecule has 1 saturated heterocycles. The summed E-state index contributed by atoms with van der Waals surface area (Å²) in [7, 11) is 0. The van der Waals surface area contributed by atoms with Gasteiger partial charge in [-0.1, -0.05) is 12.1 Å². The fraction of sp³-hybridized carbons (Fsp3) is 0.500. The summed E-state index contributed by atoms with van der Waals surface area (Å²) in [5.74, 6) is -4.68. The minimum atomic E-state index is -2.25. The minimum absolute atomic E-state index is 0.0484. The number of hydrogen-bond donors (Lipinski definition) is 1. The first-order chi connectivity index (χ1) is 16.4. The van der Waals surface area contributed by atoms with Gasteiger partial charge in [-0.15, -0.1) is 0 Å². The summed E-state index contributed by atoms with van der Waals surface area (Å²) in [4.78, 5) is 57.5. The molecule has 35 heavy (non-hydrogen) atoms. The average Bonchev–Trinajstić information content (AvgIpc) is 2.75. The van der Waals surface area contributed by atoms with Gasteiger partial charge in [0.1, 0.15) is 18.5 Å². The average molecular weight is 500 g/mol. The molecule has 0 saturated carbocycles. The van der Waals surface area contributed by atoms with Crippen molar-refractivity contribution in [3.63, 3.8) is 0 Å². The lowest BCUT2D eigenvalue weighted by Gasteiger charge is -2.43. The monoisotopic (exact) mass is 500 g/mol. The molecule has 1 fully saturated rings. The highest BCUT2D eigenvalue weighted by Crippen LogP contribution is 2.31. The fourth-order valence-corrected chi connectivity index (χ4v) is 3.28. The molecule has 1 aromatic carbocycles. The van der Waals surface area contributed by atoms with Crippen molar-refractivity contribution in [2.24, 2.45) is 0 Å². The topological polar surface area (TPSA) is 161 Å². The third kappa shape index (κ3) is 7.91. The predicted molar refractivity (Wildman–Crippen MR) is 111 cm³/mol. The normalized spacial score (nSPS) is 24.4. The van der Waals surface area contributed by atoms with Crippen molar-refractivity contribution in [3.8, 4) is 5.75 Å². The van der Waals surface area contributed by atoms with Crippen LogP contribution in [0.1, 0.15) is 39.4 Å². The van der Waals surface area contributed by atoms with E-state index in [0.29, 0.717) is 0 Å². The SMILES string of the molecule is CC(=O)OC[C@H]1O[C@@H](Oc2ccc(C(F)C(=O)O)cc2)[C@H](OC(C)=O)[C@@H](OC(C)=O)[C@@H]1OC(C)=O. The van der Waals surface area contributed by atoms with Crippen molar-refractivity contribution in [2.75, 3.05) is 6.61 Å². The second-order valence-corrected chi connectivity index (χ2v) is 7.46. The molecule has 12 nitrogen and oxygen atoms in total. The number of carboxylic acids is 1. The van der Waals surface area contributed by atoms with Crippen LogP contribution in [0.2, 0.25) is 0 Å². The number of esters is 4. The van der Waals surface area contributed by atoms with Crippen LogP contribution in [0, 0.1) is 0 Å². The van der Waals surface area contributed by atoms with Gasteiger partial charge in [-0.05, 0) is 17.7 Å². The minimum Gasteiger partial charge on any atom is -0.479 e. The Morgan fingerprint density at radius 2 is 1.37 bits per heavy atom. The summed E-state index contributed by atoms with van der Waals surface area (Å²) >= 11 is 0. The number of alkyl halides is 1. The van der Waals surface area contributed by atoms with Gasteiger partial charge < -0.3 is 33.5 Å². The molecule has 0 aliphatic carbocycles. The van der Waals surface area contributed by atoms with E-state index in [-0.39, 0.29) is 11.3 Å². The van der Waals surface area contributed by atoms with E-state index in [4.69, 9.17) is 33.5 Å². The zero-order valence-electron chi connectivity index (χ0n) is 19.3. The Hall–Kier alpha value is -3.74. The zero-order chi connectivity index (χ0) is 26.3. The standard InChI is InChI=1S/C22H25FO12/c1-10(24)30-9-16-18(31-11(2)25)19(32-12(3)26)20(33-13(4)27)22(35-16)34-15-7-5-14(6-8-15)17(23)21(28)29/h5-8,16-20,22H,9H2,1-4H3,(H,28,29)/t16-,17?,18-,19+,20-,22-/m1/s1. The lowest BCUT2D eigenvalue weighted by atomic mass is 9.98. The van der Waals surface area contributed by atoms with Crippen molar-refractivity contribution in [2.45, 2.75) is 64.6 Å². The second-order valence-electron chi connectivity index (χ2n) is 7.46. The van der Waals surface area contributed by atoms with E-state index < -0.39 is 73.3 Å². The number of carboxylic acid groups (broad SMARTS) is 1. The van der Waals surface area contributed by atoms with Gasteiger partial charge in [-0.3, -0.25) is 19.2 Å². The van der Waals surface area contributed by atoms with Crippen LogP contribution >= 0.6 is 0 Å². The van der Waals surface area contributed by atoms with Crippen LogP contribution in [-0.4, -0.2) is 72.3 Å². The van der Waals surface area contributed by atoms with E-state index in [1.54, 1.807) is 0 Å². The largest absolute Gasteiger partial charge is 0.479 e. The highest BCUT2D eigenvalue weighted by Gasteiger charge is 2.53. The maximum absolute atomic E-state index is 13.7. The smallest absolute Gasteiger partial charge is 0.343 e. The molecule has 192 valence electrons. The predicted octanol–water partition coefficient (Wildman–Crippen LogP) is 1.24. The highest BCUT2D eigenvalue weighted by atomic mass is 19.1. The molecule has 0 radical (unpaired) electrons. The van der Waals surface area contributed by atoms with E-state index in [2.05, 4.69) is 0 Å². The van der Waals surface area contributed by atoms with E-state index >= 15 is 0 Å². The van der Waals surface area contributed by atoms with Crippen molar-refractivity contribution >= 4 is 29.8 Å². The summed E-state index contributed by atoms with van der Waals surface area (Å²) in [6.07, 6.45) is -9.13. The summed E-state index contributed by atoms with van der Waals surface area (Å²) in [5.41, 5.74) is -0.147.